The minimum Gasteiger partial charge on any atom is -0.506 e. The Balaban J connectivity index is 0.000000162. The molecule has 0 spiro atoms. The third kappa shape index (κ3) is 5.65. The van der Waals surface area contributed by atoms with Crippen molar-refractivity contribution >= 4 is 33.2 Å². The van der Waals surface area contributed by atoms with Crippen molar-refractivity contribution in [2.24, 2.45) is 0 Å². The number of hydrogen-bond donors (Lipinski definition) is 3. The Morgan fingerprint density at radius 1 is 0.675 bits per heavy atom. The summed E-state index contributed by atoms with van der Waals surface area (Å²) in [6.45, 7) is 0. The molecule has 10 nitrogen and oxygen atoms in total. The van der Waals surface area contributed by atoms with Gasteiger partial charge in [0.05, 0.1) is 27.7 Å². The highest BCUT2D eigenvalue weighted by molar-refractivity contribution is 5.85. The maximum absolute atomic E-state index is 10.8. The number of nitrogen functional groups attached to an aromatic ring is 1. The summed E-state index contributed by atoms with van der Waals surface area (Å²) in [6, 6.07) is 27.3. The topological polar surface area (TPSA) is 154 Å². The molecule has 0 saturated heterocycles. The number of para-hydroxylation sites is 2. The molecule has 198 valence electrons. The first-order valence-electron chi connectivity index (χ1n) is 12.0. The molecule has 0 saturated carbocycles. The van der Waals surface area contributed by atoms with Crippen LogP contribution in [0.1, 0.15) is 0 Å². The van der Waals surface area contributed by atoms with Crippen LogP contribution in [0.2, 0.25) is 0 Å². The van der Waals surface area contributed by atoms with E-state index in [9.17, 15) is 20.3 Å². The first-order valence-corrected chi connectivity index (χ1v) is 12.0. The van der Waals surface area contributed by atoms with E-state index in [1.54, 1.807) is 36.7 Å². The second-order valence-electron chi connectivity index (χ2n) is 8.48. The predicted molar refractivity (Wildman–Crippen MR) is 151 cm³/mol. The Morgan fingerprint density at radius 2 is 1.18 bits per heavy atom. The summed E-state index contributed by atoms with van der Waals surface area (Å²) in [6.07, 6.45) is 3.30. The quantitative estimate of drug-likeness (QED) is 0.0921. The molecular formula is C30H22N4O6. The molecule has 0 unspecified atom stereocenters. The molecular weight excluding hydrogens is 512 g/mol. The summed E-state index contributed by atoms with van der Waals surface area (Å²) < 4.78 is 11.5. The van der Waals surface area contributed by atoms with E-state index in [2.05, 4.69) is 9.97 Å². The molecule has 4 aromatic carbocycles. The van der Waals surface area contributed by atoms with Gasteiger partial charge in [0.15, 0.2) is 5.75 Å². The minimum atomic E-state index is -0.660. The molecule has 2 heterocycles. The number of phenols is 2. The number of anilines is 1. The van der Waals surface area contributed by atoms with Crippen LogP contribution in [0, 0.1) is 10.1 Å². The molecule has 0 amide bonds. The second kappa shape index (κ2) is 11.2. The van der Waals surface area contributed by atoms with Crippen molar-refractivity contribution in [1.82, 2.24) is 9.97 Å². The average molecular weight is 535 g/mol. The SMILES string of the molecule is Nc1cc(Oc2ccnc3ccccc23)ccc1O.O=[N+]([O-])c1cc(Oc2ccnc3ccccc23)ccc1O. The monoisotopic (exact) mass is 534 g/mol. The molecule has 6 rings (SSSR count). The number of benzene rings is 4. The number of nitro groups is 1. The van der Waals surface area contributed by atoms with Gasteiger partial charge in [-0.15, -0.1) is 0 Å². The van der Waals surface area contributed by atoms with Gasteiger partial charge < -0.3 is 25.4 Å². The number of pyridine rings is 2. The zero-order valence-corrected chi connectivity index (χ0v) is 20.8. The highest BCUT2D eigenvalue weighted by Crippen LogP contribution is 2.34. The van der Waals surface area contributed by atoms with Crippen molar-refractivity contribution in [3.05, 3.63) is 120 Å². The van der Waals surface area contributed by atoms with Crippen molar-refractivity contribution in [1.29, 1.82) is 0 Å². The van der Waals surface area contributed by atoms with Gasteiger partial charge in [-0.25, -0.2) is 0 Å². The summed E-state index contributed by atoms with van der Waals surface area (Å²) in [7, 11) is 0. The lowest BCUT2D eigenvalue weighted by molar-refractivity contribution is -0.385. The Bertz CT molecular complexity index is 1830. The van der Waals surface area contributed by atoms with Crippen LogP contribution < -0.4 is 15.2 Å². The Morgan fingerprint density at radius 3 is 1.70 bits per heavy atom. The van der Waals surface area contributed by atoms with E-state index in [-0.39, 0.29) is 17.2 Å². The van der Waals surface area contributed by atoms with Gasteiger partial charge in [-0.3, -0.25) is 20.1 Å². The van der Waals surface area contributed by atoms with Gasteiger partial charge in [0.2, 0.25) is 0 Å². The van der Waals surface area contributed by atoms with E-state index in [1.165, 1.54) is 24.3 Å². The lowest BCUT2D eigenvalue weighted by Crippen LogP contribution is -1.91. The third-order valence-electron chi connectivity index (χ3n) is 5.82. The highest BCUT2D eigenvalue weighted by Gasteiger charge is 2.15. The number of nitrogens with two attached hydrogens (primary N) is 1. The van der Waals surface area contributed by atoms with Crippen molar-refractivity contribution in [3.63, 3.8) is 0 Å². The van der Waals surface area contributed by atoms with Crippen LogP contribution in [0.3, 0.4) is 0 Å². The van der Waals surface area contributed by atoms with E-state index in [0.29, 0.717) is 17.2 Å². The molecule has 0 aliphatic heterocycles. The van der Waals surface area contributed by atoms with Gasteiger partial charge in [0.25, 0.3) is 0 Å². The molecule has 2 aromatic heterocycles. The number of hydrogen-bond acceptors (Lipinski definition) is 9. The van der Waals surface area contributed by atoms with E-state index in [4.69, 9.17) is 15.2 Å². The standard InChI is InChI=1S/C15H10N2O4.C15H12N2O2/c18-14-6-5-10(9-13(14)17(19)20)21-15-7-8-16-12-4-2-1-3-11(12)15;16-12-9-10(5-6-14(12)18)19-15-7-8-17-13-4-2-1-3-11(13)15/h1-9,18H;1-9,18H,16H2. The van der Waals surface area contributed by atoms with E-state index < -0.39 is 16.4 Å². The second-order valence-corrected chi connectivity index (χ2v) is 8.48. The van der Waals surface area contributed by atoms with Crippen molar-refractivity contribution in [2.75, 3.05) is 5.73 Å². The minimum absolute atomic E-state index is 0.0481. The normalized spacial score (nSPS) is 10.5. The van der Waals surface area contributed by atoms with E-state index in [0.717, 1.165) is 21.8 Å². The maximum atomic E-state index is 10.8. The molecule has 6 aromatic rings. The zero-order valence-electron chi connectivity index (χ0n) is 20.8. The molecule has 0 atom stereocenters. The zero-order chi connectivity index (χ0) is 28.1. The largest absolute Gasteiger partial charge is 0.506 e. The Hall–Kier alpha value is -5.90. The van der Waals surface area contributed by atoms with Gasteiger partial charge in [0.1, 0.15) is 28.7 Å². The number of phenolic OH excluding ortho intramolecular Hbond substituents is 2. The van der Waals surface area contributed by atoms with Crippen LogP contribution in [-0.2, 0) is 0 Å². The molecule has 0 radical (unpaired) electrons. The first kappa shape index (κ1) is 25.7. The summed E-state index contributed by atoms with van der Waals surface area (Å²) in [5.41, 5.74) is 7.17. The molecule has 0 aliphatic carbocycles. The fraction of sp³-hybridized carbons (Fsp3) is 0. The van der Waals surface area contributed by atoms with Crippen LogP contribution in [0.4, 0.5) is 11.4 Å². The van der Waals surface area contributed by atoms with Gasteiger partial charge in [0, 0.05) is 29.2 Å². The summed E-state index contributed by atoms with van der Waals surface area (Å²) >= 11 is 0. The highest BCUT2D eigenvalue weighted by atomic mass is 16.6. The van der Waals surface area contributed by atoms with Gasteiger partial charge in [-0.05, 0) is 60.7 Å². The van der Waals surface area contributed by atoms with Crippen molar-refractivity contribution < 1.29 is 24.6 Å². The van der Waals surface area contributed by atoms with Crippen molar-refractivity contribution in [3.8, 4) is 34.5 Å². The van der Waals surface area contributed by atoms with Crippen LogP contribution >= 0.6 is 0 Å². The fourth-order valence-electron chi connectivity index (χ4n) is 3.88. The lowest BCUT2D eigenvalue weighted by Gasteiger charge is -2.09. The molecule has 0 aliphatic rings. The summed E-state index contributed by atoms with van der Waals surface area (Å²) in [5.74, 6) is 1.75. The molecule has 10 heteroatoms. The number of rotatable bonds is 5. The molecule has 40 heavy (non-hydrogen) atoms. The van der Waals surface area contributed by atoms with Gasteiger partial charge >= 0.3 is 5.69 Å². The van der Waals surface area contributed by atoms with Crippen LogP contribution in [0.5, 0.6) is 34.5 Å². The lowest BCUT2D eigenvalue weighted by atomic mass is 10.2. The Kier molecular flexibility index (Phi) is 7.23. The molecule has 0 bridgehead atoms. The van der Waals surface area contributed by atoms with Crippen LogP contribution in [0.15, 0.2) is 109 Å². The number of nitro benzene ring substituents is 1. The fourth-order valence-corrected chi connectivity index (χ4v) is 3.88. The third-order valence-corrected chi connectivity index (χ3v) is 5.82. The smallest absolute Gasteiger partial charge is 0.314 e. The average Bonchev–Trinajstić information content (AvgIpc) is 2.97. The number of nitrogens with zero attached hydrogens (tertiary/aromatic N) is 3. The molecule has 0 fully saturated rings. The first-order chi connectivity index (χ1) is 19.4. The summed E-state index contributed by atoms with van der Waals surface area (Å²) in [5, 5.41) is 31.4. The summed E-state index contributed by atoms with van der Waals surface area (Å²) in [4.78, 5) is 18.6. The number of aromatic nitrogens is 2. The Labute approximate surface area is 227 Å². The number of aromatic hydroxyl groups is 2. The number of ether oxygens (including phenoxy) is 2. The predicted octanol–water partition coefficient (Wildman–Crippen LogP) is 6.96. The molecule has 4 N–H and O–H groups in total. The van der Waals surface area contributed by atoms with Crippen molar-refractivity contribution in [2.45, 2.75) is 0 Å². The van der Waals surface area contributed by atoms with E-state index >= 15 is 0 Å². The van der Waals surface area contributed by atoms with E-state index in [1.807, 2.05) is 48.5 Å². The van der Waals surface area contributed by atoms with Crippen LogP contribution in [0.25, 0.3) is 21.8 Å². The van der Waals surface area contributed by atoms with Gasteiger partial charge in [-0.1, -0.05) is 24.3 Å². The maximum Gasteiger partial charge on any atom is 0.314 e. The number of fused-ring (bicyclic) bond motifs is 2. The van der Waals surface area contributed by atoms with Gasteiger partial charge in [-0.2, -0.15) is 0 Å². The van der Waals surface area contributed by atoms with Crippen LogP contribution in [-0.4, -0.2) is 25.1 Å².